The molecule has 1 aromatic heterocycles. The maximum absolute atomic E-state index is 5.79. The highest BCUT2D eigenvalue weighted by atomic mass is 127. The van der Waals surface area contributed by atoms with Crippen molar-refractivity contribution >= 4 is 29.9 Å². The van der Waals surface area contributed by atoms with E-state index in [0.717, 1.165) is 56.7 Å². The third-order valence-corrected chi connectivity index (χ3v) is 6.00. The first-order chi connectivity index (χ1) is 13.0. The summed E-state index contributed by atoms with van der Waals surface area (Å²) in [5.74, 6) is 2.81. The number of aryl methyl sites for hydroxylation is 1. The maximum Gasteiger partial charge on any atom is 0.194 e. The SMILES string of the molecule is CCCC1(C)CCCN(C(=NCc2nnc(C)n2C)NCC2CCCO2)C1.I. The van der Waals surface area contributed by atoms with Gasteiger partial charge in [-0.2, -0.15) is 0 Å². The molecule has 3 heterocycles. The van der Waals surface area contributed by atoms with Gasteiger partial charge < -0.3 is 19.5 Å². The zero-order valence-electron chi connectivity index (χ0n) is 17.9. The van der Waals surface area contributed by atoms with Crippen molar-refractivity contribution in [3.8, 4) is 0 Å². The van der Waals surface area contributed by atoms with Gasteiger partial charge in [-0.05, 0) is 44.4 Å². The normalized spacial score (nSPS) is 25.6. The van der Waals surface area contributed by atoms with Crippen LogP contribution in [0.1, 0.15) is 64.0 Å². The highest BCUT2D eigenvalue weighted by molar-refractivity contribution is 14.0. The van der Waals surface area contributed by atoms with Crippen molar-refractivity contribution in [3.05, 3.63) is 11.6 Å². The van der Waals surface area contributed by atoms with Crippen molar-refractivity contribution in [2.24, 2.45) is 17.5 Å². The molecule has 0 saturated carbocycles. The van der Waals surface area contributed by atoms with Crippen molar-refractivity contribution < 1.29 is 4.74 Å². The number of halogens is 1. The number of nitrogens with zero attached hydrogens (tertiary/aromatic N) is 5. The number of piperidine rings is 1. The Morgan fingerprint density at radius 2 is 2.18 bits per heavy atom. The zero-order chi connectivity index (χ0) is 19.3. The van der Waals surface area contributed by atoms with Crippen LogP contribution >= 0.6 is 24.0 Å². The van der Waals surface area contributed by atoms with Gasteiger partial charge in [-0.1, -0.05) is 20.3 Å². The minimum Gasteiger partial charge on any atom is -0.376 e. The molecular formula is C20H37IN6O. The topological polar surface area (TPSA) is 67.6 Å². The Kier molecular flexibility index (Phi) is 8.98. The molecule has 0 aromatic carbocycles. The molecule has 8 heteroatoms. The van der Waals surface area contributed by atoms with E-state index < -0.39 is 0 Å². The van der Waals surface area contributed by atoms with E-state index in [4.69, 9.17) is 9.73 Å². The monoisotopic (exact) mass is 504 g/mol. The number of aromatic nitrogens is 3. The predicted octanol–water partition coefficient (Wildman–Crippen LogP) is 3.27. The van der Waals surface area contributed by atoms with Crippen LogP contribution in [0.5, 0.6) is 0 Å². The molecule has 2 aliphatic heterocycles. The Balaban J connectivity index is 0.00000280. The lowest BCUT2D eigenvalue weighted by molar-refractivity contribution is 0.110. The summed E-state index contributed by atoms with van der Waals surface area (Å²) in [4.78, 5) is 7.37. The van der Waals surface area contributed by atoms with E-state index in [-0.39, 0.29) is 24.0 Å². The minimum atomic E-state index is 0. The molecule has 7 nitrogen and oxygen atoms in total. The standard InChI is InChI=1S/C20H36N6O.HI/c1-5-9-20(3)10-7-11-26(15-20)19(21-13-17-8-6-12-27-17)22-14-18-24-23-16(2)25(18)4;/h17H,5-15H2,1-4H3,(H,21,22);1H. The summed E-state index contributed by atoms with van der Waals surface area (Å²) in [6, 6.07) is 0. The third-order valence-electron chi connectivity index (χ3n) is 6.00. The van der Waals surface area contributed by atoms with E-state index in [0.29, 0.717) is 18.1 Å². The molecule has 1 aromatic rings. The first-order valence-corrected chi connectivity index (χ1v) is 10.5. The number of likely N-dealkylation sites (tertiary alicyclic amines) is 1. The van der Waals surface area contributed by atoms with E-state index in [2.05, 4.69) is 34.3 Å². The molecule has 2 unspecified atom stereocenters. The van der Waals surface area contributed by atoms with Crippen molar-refractivity contribution in [2.75, 3.05) is 26.2 Å². The fourth-order valence-electron chi connectivity index (χ4n) is 4.32. The molecule has 0 spiro atoms. The van der Waals surface area contributed by atoms with Crippen LogP contribution in [0.3, 0.4) is 0 Å². The summed E-state index contributed by atoms with van der Waals surface area (Å²) >= 11 is 0. The van der Waals surface area contributed by atoms with Crippen LogP contribution in [0.15, 0.2) is 4.99 Å². The van der Waals surface area contributed by atoms with E-state index in [1.807, 2.05) is 18.5 Å². The van der Waals surface area contributed by atoms with Gasteiger partial charge in [0, 0.05) is 33.3 Å². The summed E-state index contributed by atoms with van der Waals surface area (Å²) in [6.45, 7) is 11.1. The number of aliphatic imine (C=N–C) groups is 1. The average molecular weight is 504 g/mol. The third kappa shape index (κ3) is 6.05. The quantitative estimate of drug-likeness (QED) is 0.366. The van der Waals surface area contributed by atoms with Gasteiger partial charge in [0.25, 0.3) is 0 Å². The van der Waals surface area contributed by atoms with Gasteiger partial charge in [-0.15, -0.1) is 34.2 Å². The van der Waals surface area contributed by atoms with E-state index in [1.54, 1.807) is 0 Å². The summed E-state index contributed by atoms with van der Waals surface area (Å²) in [7, 11) is 2.00. The second-order valence-electron chi connectivity index (χ2n) is 8.46. The smallest absolute Gasteiger partial charge is 0.194 e. The van der Waals surface area contributed by atoms with E-state index in [1.165, 1.54) is 25.7 Å². The van der Waals surface area contributed by atoms with Crippen molar-refractivity contribution in [2.45, 2.75) is 71.9 Å². The summed E-state index contributed by atoms with van der Waals surface area (Å²) in [5, 5.41) is 12.0. The van der Waals surface area contributed by atoms with Crippen LogP contribution in [-0.4, -0.2) is 58.0 Å². The van der Waals surface area contributed by atoms with Crippen molar-refractivity contribution in [1.82, 2.24) is 25.0 Å². The molecule has 2 fully saturated rings. The second-order valence-corrected chi connectivity index (χ2v) is 8.46. The molecular weight excluding hydrogens is 467 g/mol. The summed E-state index contributed by atoms with van der Waals surface area (Å²) in [5.41, 5.74) is 0.376. The zero-order valence-corrected chi connectivity index (χ0v) is 20.2. The van der Waals surface area contributed by atoms with Crippen molar-refractivity contribution in [3.63, 3.8) is 0 Å². The number of ether oxygens (including phenoxy) is 1. The van der Waals surface area contributed by atoms with Gasteiger partial charge in [0.05, 0.1) is 6.10 Å². The first-order valence-electron chi connectivity index (χ1n) is 10.5. The van der Waals surface area contributed by atoms with Gasteiger partial charge in [-0.3, -0.25) is 0 Å². The summed E-state index contributed by atoms with van der Waals surface area (Å²) < 4.78 is 7.81. The minimum absolute atomic E-state index is 0. The molecule has 160 valence electrons. The molecule has 28 heavy (non-hydrogen) atoms. The molecule has 0 aliphatic carbocycles. The molecule has 2 atom stereocenters. The van der Waals surface area contributed by atoms with Gasteiger partial charge in [0.1, 0.15) is 12.4 Å². The van der Waals surface area contributed by atoms with Crippen LogP contribution in [0.4, 0.5) is 0 Å². The second kappa shape index (κ2) is 10.8. The average Bonchev–Trinajstić information content (AvgIpc) is 3.27. The van der Waals surface area contributed by atoms with Crippen LogP contribution in [0, 0.1) is 12.3 Å². The molecule has 0 radical (unpaired) electrons. The van der Waals surface area contributed by atoms with Crippen LogP contribution < -0.4 is 5.32 Å². The lowest BCUT2D eigenvalue weighted by Gasteiger charge is -2.42. The van der Waals surface area contributed by atoms with E-state index >= 15 is 0 Å². The van der Waals surface area contributed by atoms with Crippen LogP contribution in [-0.2, 0) is 18.3 Å². The Morgan fingerprint density at radius 1 is 1.36 bits per heavy atom. The number of hydrogen-bond acceptors (Lipinski definition) is 4. The lowest BCUT2D eigenvalue weighted by Crippen LogP contribution is -2.51. The van der Waals surface area contributed by atoms with Gasteiger partial charge >= 0.3 is 0 Å². The first kappa shape index (κ1) is 23.4. The molecule has 2 saturated heterocycles. The van der Waals surface area contributed by atoms with Crippen LogP contribution in [0.25, 0.3) is 0 Å². The largest absolute Gasteiger partial charge is 0.376 e. The Labute approximate surface area is 186 Å². The highest BCUT2D eigenvalue weighted by Crippen LogP contribution is 2.34. The molecule has 0 amide bonds. The van der Waals surface area contributed by atoms with Crippen LogP contribution in [0.2, 0.25) is 0 Å². The highest BCUT2D eigenvalue weighted by Gasteiger charge is 2.32. The Bertz CT molecular complexity index is 639. The Morgan fingerprint density at radius 3 is 2.82 bits per heavy atom. The number of guanidine groups is 1. The van der Waals surface area contributed by atoms with Gasteiger partial charge in [0.15, 0.2) is 11.8 Å². The number of hydrogen-bond donors (Lipinski definition) is 1. The van der Waals surface area contributed by atoms with Gasteiger partial charge in [-0.25, -0.2) is 4.99 Å². The lowest BCUT2D eigenvalue weighted by atomic mass is 9.78. The van der Waals surface area contributed by atoms with E-state index in [9.17, 15) is 0 Å². The van der Waals surface area contributed by atoms with Gasteiger partial charge in [0.2, 0.25) is 0 Å². The molecule has 1 N–H and O–H groups in total. The predicted molar refractivity (Wildman–Crippen MR) is 123 cm³/mol. The summed E-state index contributed by atoms with van der Waals surface area (Å²) in [6.07, 6.45) is 7.63. The molecule has 2 aliphatic rings. The number of rotatable bonds is 6. The maximum atomic E-state index is 5.79. The molecule has 3 rings (SSSR count). The fraction of sp³-hybridized carbons (Fsp3) is 0.850. The number of nitrogens with one attached hydrogen (secondary N) is 1. The molecule has 0 bridgehead atoms. The van der Waals surface area contributed by atoms with Crippen molar-refractivity contribution in [1.29, 1.82) is 0 Å². The fourth-order valence-corrected chi connectivity index (χ4v) is 4.32. The Hall–Kier alpha value is -0.900.